The van der Waals surface area contributed by atoms with E-state index in [0.717, 1.165) is 18.7 Å². The van der Waals surface area contributed by atoms with Crippen LogP contribution in [0.2, 0.25) is 5.02 Å². The van der Waals surface area contributed by atoms with Crippen LogP contribution in [-0.4, -0.2) is 21.5 Å². The van der Waals surface area contributed by atoms with Crippen LogP contribution in [0.15, 0.2) is 24.3 Å². The molecule has 0 aliphatic carbocycles. The normalized spacial score (nSPS) is 10.1. The first-order valence-electron chi connectivity index (χ1n) is 5.62. The number of nitrogens with zero attached hydrogens (tertiary/aromatic N) is 4. The highest BCUT2D eigenvalue weighted by Gasteiger charge is 2.10. The molecule has 0 bridgehead atoms. The third-order valence-corrected chi connectivity index (χ3v) is 2.57. The summed E-state index contributed by atoms with van der Waals surface area (Å²) >= 11 is 5.82. The Balaban J connectivity index is 2.32. The minimum Gasteiger partial charge on any atom is -0.366 e. The van der Waals surface area contributed by atoms with Crippen LogP contribution in [0, 0.1) is 11.3 Å². The van der Waals surface area contributed by atoms with Crippen molar-refractivity contribution in [1.82, 2.24) is 15.0 Å². The van der Waals surface area contributed by atoms with Crippen LogP contribution >= 0.6 is 11.6 Å². The minimum absolute atomic E-state index is 0.290. The van der Waals surface area contributed by atoms with E-state index in [1.165, 1.54) is 4.80 Å². The van der Waals surface area contributed by atoms with Gasteiger partial charge in [-0.3, -0.25) is 0 Å². The Hall–Kier alpha value is -2.06. The molecule has 0 aliphatic rings. The average Bonchev–Trinajstić information content (AvgIpc) is 2.80. The molecule has 2 aromatic rings. The van der Waals surface area contributed by atoms with Gasteiger partial charge in [-0.05, 0) is 30.7 Å². The van der Waals surface area contributed by atoms with Gasteiger partial charge in [-0.15, -0.1) is 15.0 Å². The van der Waals surface area contributed by atoms with Gasteiger partial charge in [0.15, 0.2) is 5.82 Å². The van der Waals surface area contributed by atoms with E-state index >= 15 is 0 Å². The first-order valence-corrected chi connectivity index (χ1v) is 5.99. The summed E-state index contributed by atoms with van der Waals surface area (Å²) in [4.78, 5) is 1.42. The van der Waals surface area contributed by atoms with E-state index in [1.54, 1.807) is 24.3 Å². The first kappa shape index (κ1) is 12.4. The lowest BCUT2D eigenvalue weighted by molar-refractivity contribution is 0.749. The smallest absolute Gasteiger partial charge is 0.207 e. The van der Waals surface area contributed by atoms with E-state index < -0.39 is 0 Å². The largest absolute Gasteiger partial charge is 0.366 e. The van der Waals surface area contributed by atoms with Gasteiger partial charge in [-0.25, -0.2) is 0 Å². The highest BCUT2D eigenvalue weighted by Crippen LogP contribution is 2.15. The molecular weight excluding hydrogens is 250 g/mol. The predicted octanol–water partition coefficient (Wildman–Crippen LogP) is 2.61. The standard InChI is InChI=1S/C12H12ClN5/c1-2-7-15-12-11(8-14)16-18(17-12)10-5-3-9(13)4-6-10/h3-6H,2,7H2,1H3,(H,15,17). The van der Waals surface area contributed by atoms with E-state index in [1.807, 2.05) is 13.0 Å². The van der Waals surface area contributed by atoms with Crippen LogP contribution in [0.25, 0.3) is 5.69 Å². The number of aromatic nitrogens is 3. The fourth-order valence-electron chi connectivity index (χ4n) is 1.43. The molecule has 6 heteroatoms. The van der Waals surface area contributed by atoms with Crippen LogP contribution in [0.4, 0.5) is 5.82 Å². The predicted molar refractivity (Wildman–Crippen MR) is 69.9 cm³/mol. The molecule has 1 N–H and O–H groups in total. The van der Waals surface area contributed by atoms with E-state index in [4.69, 9.17) is 16.9 Å². The van der Waals surface area contributed by atoms with Crippen molar-refractivity contribution in [2.24, 2.45) is 0 Å². The third kappa shape index (κ3) is 2.60. The molecule has 0 fully saturated rings. The van der Waals surface area contributed by atoms with Crippen LogP contribution < -0.4 is 5.32 Å². The number of hydrogen-bond acceptors (Lipinski definition) is 4. The Labute approximate surface area is 110 Å². The number of nitriles is 1. The number of nitrogens with one attached hydrogen (secondary N) is 1. The van der Waals surface area contributed by atoms with Crippen molar-refractivity contribution in [2.75, 3.05) is 11.9 Å². The van der Waals surface area contributed by atoms with Crippen LogP contribution in [0.3, 0.4) is 0 Å². The summed E-state index contributed by atoms with van der Waals surface area (Å²) in [6, 6.07) is 9.13. The van der Waals surface area contributed by atoms with Crippen molar-refractivity contribution in [1.29, 1.82) is 5.26 Å². The Morgan fingerprint density at radius 2 is 2.06 bits per heavy atom. The van der Waals surface area contributed by atoms with Gasteiger partial charge in [0.25, 0.3) is 0 Å². The molecule has 0 spiro atoms. The van der Waals surface area contributed by atoms with Crippen LogP contribution in [0.5, 0.6) is 0 Å². The SMILES string of the molecule is CCCNc1nn(-c2ccc(Cl)cc2)nc1C#N. The summed E-state index contributed by atoms with van der Waals surface area (Å²) in [7, 11) is 0. The fraction of sp³-hybridized carbons (Fsp3) is 0.250. The van der Waals surface area contributed by atoms with Gasteiger partial charge in [-0.2, -0.15) is 5.26 Å². The second-order valence-electron chi connectivity index (χ2n) is 3.70. The van der Waals surface area contributed by atoms with E-state index in [0.29, 0.717) is 16.5 Å². The maximum atomic E-state index is 9.00. The molecule has 18 heavy (non-hydrogen) atoms. The lowest BCUT2D eigenvalue weighted by Gasteiger charge is -1.99. The van der Waals surface area contributed by atoms with Gasteiger partial charge in [0.05, 0.1) is 5.69 Å². The highest BCUT2D eigenvalue weighted by atomic mass is 35.5. The molecular formula is C12H12ClN5. The zero-order valence-electron chi connectivity index (χ0n) is 9.89. The third-order valence-electron chi connectivity index (χ3n) is 2.32. The van der Waals surface area contributed by atoms with Gasteiger partial charge in [0, 0.05) is 11.6 Å². The highest BCUT2D eigenvalue weighted by molar-refractivity contribution is 6.30. The molecule has 0 saturated carbocycles. The van der Waals surface area contributed by atoms with Gasteiger partial charge >= 0.3 is 0 Å². The molecule has 5 nitrogen and oxygen atoms in total. The minimum atomic E-state index is 0.290. The van der Waals surface area contributed by atoms with Crippen LogP contribution in [0.1, 0.15) is 19.0 Å². The quantitative estimate of drug-likeness (QED) is 0.919. The summed E-state index contributed by atoms with van der Waals surface area (Å²) in [6.45, 7) is 2.80. The summed E-state index contributed by atoms with van der Waals surface area (Å²) < 4.78 is 0. The molecule has 0 unspecified atom stereocenters. The Bertz CT molecular complexity index is 567. The fourth-order valence-corrected chi connectivity index (χ4v) is 1.56. The van der Waals surface area contributed by atoms with Crippen molar-refractivity contribution in [3.8, 4) is 11.8 Å². The Morgan fingerprint density at radius 1 is 1.33 bits per heavy atom. The van der Waals surface area contributed by atoms with Gasteiger partial charge in [0.2, 0.25) is 5.69 Å². The van der Waals surface area contributed by atoms with E-state index in [-0.39, 0.29) is 0 Å². The van der Waals surface area contributed by atoms with Gasteiger partial charge < -0.3 is 5.32 Å². The van der Waals surface area contributed by atoms with Crippen molar-refractivity contribution < 1.29 is 0 Å². The summed E-state index contributed by atoms with van der Waals surface area (Å²) in [5.41, 5.74) is 1.05. The Kier molecular flexibility index (Phi) is 3.80. The zero-order valence-corrected chi connectivity index (χ0v) is 10.6. The summed E-state index contributed by atoms with van der Waals surface area (Å²) in [5.74, 6) is 0.509. The molecule has 0 amide bonds. The number of anilines is 1. The summed E-state index contributed by atoms with van der Waals surface area (Å²) in [5, 5.41) is 21.1. The second kappa shape index (κ2) is 5.52. The van der Waals surface area contributed by atoms with Gasteiger partial charge in [0.1, 0.15) is 6.07 Å². The van der Waals surface area contributed by atoms with Crippen molar-refractivity contribution in [2.45, 2.75) is 13.3 Å². The lowest BCUT2D eigenvalue weighted by Crippen LogP contribution is -2.02. The number of halogens is 1. The molecule has 1 heterocycles. The molecule has 1 aromatic carbocycles. The topological polar surface area (TPSA) is 66.5 Å². The molecule has 2 rings (SSSR count). The molecule has 0 atom stereocenters. The zero-order chi connectivity index (χ0) is 13.0. The Morgan fingerprint density at radius 3 is 2.67 bits per heavy atom. The number of benzene rings is 1. The monoisotopic (exact) mass is 261 g/mol. The molecule has 0 radical (unpaired) electrons. The van der Waals surface area contributed by atoms with Crippen LogP contribution in [-0.2, 0) is 0 Å². The molecule has 92 valence electrons. The van der Waals surface area contributed by atoms with E-state index in [9.17, 15) is 0 Å². The summed E-state index contributed by atoms with van der Waals surface area (Å²) in [6.07, 6.45) is 0.957. The first-order chi connectivity index (χ1) is 8.74. The lowest BCUT2D eigenvalue weighted by atomic mass is 10.3. The maximum Gasteiger partial charge on any atom is 0.207 e. The van der Waals surface area contributed by atoms with E-state index in [2.05, 4.69) is 15.5 Å². The second-order valence-corrected chi connectivity index (χ2v) is 4.14. The van der Waals surface area contributed by atoms with Crippen molar-refractivity contribution >= 4 is 17.4 Å². The molecule has 0 aliphatic heterocycles. The van der Waals surface area contributed by atoms with Crippen molar-refractivity contribution in [3.05, 3.63) is 35.0 Å². The van der Waals surface area contributed by atoms with Gasteiger partial charge in [-0.1, -0.05) is 18.5 Å². The maximum absolute atomic E-state index is 9.00. The average molecular weight is 262 g/mol. The number of hydrogen-bond donors (Lipinski definition) is 1. The molecule has 0 saturated heterocycles. The molecule has 1 aromatic heterocycles. The number of rotatable bonds is 4. The van der Waals surface area contributed by atoms with Crippen molar-refractivity contribution in [3.63, 3.8) is 0 Å².